The molecule has 0 aliphatic rings. The molecule has 0 saturated heterocycles. The maximum absolute atomic E-state index is 4.21. The lowest BCUT2D eigenvalue weighted by Crippen LogP contribution is -1.92. The first-order valence-corrected chi connectivity index (χ1v) is 4.18. The average Bonchev–Trinajstić information content (AvgIpc) is 2.68. The lowest BCUT2D eigenvalue weighted by molar-refractivity contribution is 0.993. The summed E-state index contributed by atoms with van der Waals surface area (Å²) in [5, 5.41) is 0. The summed E-state index contributed by atoms with van der Waals surface area (Å²) in [7, 11) is 0. The van der Waals surface area contributed by atoms with Gasteiger partial charge in [0.25, 0.3) is 0 Å². The Balaban J connectivity index is 0.000000396. The third-order valence-electron chi connectivity index (χ3n) is 1.72. The van der Waals surface area contributed by atoms with Crippen molar-refractivity contribution < 1.29 is 0 Å². The summed E-state index contributed by atoms with van der Waals surface area (Å²) in [6.07, 6.45) is 8.35. The van der Waals surface area contributed by atoms with Gasteiger partial charge < -0.3 is 4.40 Å². The Hall–Kier alpha value is -1.64. The van der Waals surface area contributed by atoms with E-state index in [4.69, 9.17) is 0 Å². The van der Waals surface area contributed by atoms with Gasteiger partial charge in [0.1, 0.15) is 0 Å². The van der Waals surface area contributed by atoms with Crippen molar-refractivity contribution in [2.45, 2.75) is 13.3 Å². The third kappa shape index (κ3) is 1.75. The number of rotatable bonds is 1. The zero-order valence-corrected chi connectivity index (χ0v) is 7.77. The fourth-order valence-electron chi connectivity index (χ4n) is 1.16. The summed E-state index contributed by atoms with van der Waals surface area (Å²) >= 11 is 0. The first-order chi connectivity index (χ1) is 6.42. The molecule has 0 radical (unpaired) electrons. The topological polar surface area (TPSA) is 30.2 Å². The highest BCUT2D eigenvalue weighted by Gasteiger charge is 1.98. The molecule has 68 valence electrons. The maximum Gasteiger partial charge on any atom is 0.158 e. The largest absolute Gasteiger partial charge is 0.304 e. The molecular formula is C10H13N3. The summed E-state index contributed by atoms with van der Waals surface area (Å²) in [6, 6.07) is 0. The van der Waals surface area contributed by atoms with E-state index in [1.165, 1.54) is 0 Å². The van der Waals surface area contributed by atoms with Gasteiger partial charge in [0.05, 0.1) is 5.69 Å². The van der Waals surface area contributed by atoms with Crippen molar-refractivity contribution in [1.82, 2.24) is 14.4 Å². The monoisotopic (exact) mass is 175 g/mol. The van der Waals surface area contributed by atoms with Crippen molar-refractivity contribution in [3.8, 4) is 0 Å². The second kappa shape index (κ2) is 4.40. The van der Waals surface area contributed by atoms with Crippen molar-refractivity contribution >= 4 is 5.65 Å². The molecule has 0 spiro atoms. The van der Waals surface area contributed by atoms with E-state index in [9.17, 15) is 0 Å². The Kier molecular flexibility index (Phi) is 3.20. The maximum atomic E-state index is 4.21. The van der Waals surface area contributed by atoms with E-state index in [-0.39, 0.29) is 0 Å². The van der Waals surface area contributed by atoms with Crippen molar-refractivity contribution in [3.05, 3.63) is 43.6 Å². The van der Waals surface area contributed by atoms with Gasteiger partial charge in [-0.2, -0.15) is 0 Å². The molecule has 0 bridgehead atoms. The highest BCUT2D eigenvalue weighted by atomic mass is 15.0. The molecule has 0 aliphatic carbocycles. The van der Waals surface area contributed by atoms with Gasteiger partial charge in [-0.15, -0.1) is 13.2 Å². The Morgan fingerprint density at radius 2 is 1.85 bits per heavy atom. The summed E-state index contributed by atoms with van der Waals surface area (Å²) in [4.78, 5) is 8.40. The van der Waals surface area contributed by atoms with Gasteiger partial charge in [0, 0.05) is 24.8 Å². The van der Waals surface area contributed by atoms with E-state index in [0.29, 0.717) is 0 Å². The SMILES string of the molecule is C=C.CCc1nccn2ccnc12. The number of hydrogen-bond donors (Lipinski definition) is 0. The van der Waals surface area contributed by atoms with Gasteiger partial charge in [-0.1, -0.05) is 6.92 Å². The molecule has 0 saturated carbocycles. The molecule has 0 fully saturated rings. The molecule has 0 aromatic carbocycles. The van der Waals surface area contributed by atoms with E-state index in [0.717, 1.165) is 17.8 Å². The van der Waals surface area contributed by atoms with Crippen LogP contribution < -0.4 is 0 Å². The molecule has 0 unspecified atom stereocenters. The number of fused-ring (bicyclic) bond motifs is 1. The Morgan fingerprint density at radius 3 is 2.46 bits per heavy atom. The molecule has 2 aromatic rings. The summed E-state index contributed by atoms with van der Waals surface area (Å²) in [6.45, 7) is 8.08. The van der Waals surface area contributed by atoms with Crippen LogP contribution in [0.5, 0.6) is 0 Å². The molecule has 0 amide bonds. The van der Waals surface area contributed by atoms with Crippen LogP contribution in [0.15, 0.2) is 37.9 Å². The fourth-order valence-corrected chi connectivity index (χ4v) is 1.16. The Bertz CT molecular complexity index is 378. The van der Waals surface area contributed by atoms with Gasteiger partial charge in [-0.05, 0) is 6.42 Å². The van der Waals surface area contributed by atoms with E-state index >= 15 is 0 Å². The average molecular weight is 175 g/mol. The van der Waals surface area contributed by atoms with Gasteiger partial charge in [-0.25, -0.2) is 4.98 Å². The fraction of sp³-hybridized carbons (Fsp3) is 0.200. The number of imidazole rings is 1. The lowest BCUT2D eigenvalue weighted by atomic mass is 10.3. The van der Waals surface area contributed by atoms with Gasteiger partial charge in [-0.3, -0.25) is 4.98 Å². The minimum Gasteiger partial charge on any atom is -0.304 e. The zero-order chi connectivity index (χ0) is 9.68. The second-order valence-corrected chi connectivity index (χ2v) is 2.39. The van der Waals surface area contributed by atoms with Crippen molar-refractivity contribution in [2.75, 3.05) is 0 Å². The molecule has 2 heterocycles. The van der Waals surface area contributed by atoms with Crippen LogP contribution >= 0.6 is 0 Å². The van der Waals surface area contributed by atoms with Crippen LogP contribution in [0, 0.1) is 0 Å². The van der Waals surface area contributed by atoms with Crippen molar-refractivity contribution in [3.63, 3.8) is 0 Å². The third-order valence-corrected chi connectivity index (χ3v) is 1.72. The lowest BCUT2D eigenvalue weighted by Gasteiger charge is -1.96. The highest BCUT2D eigenvalue weighted by molar-refractivity contribution is 5.42. The van der Waals surface area contributed by atoms with Gasteiger partial charge in [0.15, 0.2) is 5.65 Å². The minimum absolute atomic E-state index is 0.932. The van der Waals surface area contributed by atoms with Crippen LogP contribution in [-0.2, 0) is 6.42 Å². The van der Waals surface area contributed by atoms with Crippen molar-refractivity contribution in [1.29, 1.82) is 0 Å². The molecular weight excluding hydrogens is 162 g/mol. The smallest absolute Gasteiger partial charge is 0.158 e. The molecule has 3 heteroatoms. The molecule has 3 nitrogen and oxygen atoms in total. The molecule has 0 atom stereocenters. The van der Waals surface area contributed by atoms with E-state index < -0.39 is 0 Å². The van der Waals surface area contributed by atoms with Gasteiger partial charge >= 0.3 is 0 Å². The quantitative estimate of drug-likeness (QED) is 0.621. The number of aromatic nitrogens is 3. The Morgan fingerprint density at radius 1 is 1.23 bits per heavy atom. The number of hydrogen-bond acceptors (Lipinski definition) is 2. The number of aryl methyl sites for hydroxylation is 1. The standard InChI is InChI=1S/C8H9N3.C2H4/c1-2-7-8-10-4-6-11(8)5-3-9-7;1-2/h3-6H,2H2,1H3;1-2H2. The van der Waals surface area contributed by atoms with Crippen molar-refractivity contribution in [2.24, 2.45) is 0 Å². The molecule has 0 N–H and O–H groups in total. The molecule has 13 heavy (non-hydrogen) atoms. The summed E-state index contributed by atoms with van der Waals surface area (Å²) in [5.74, 6) is 0. The van der Waals surface area contributed by atoms with Crippen LogP contribution in [0.4, 0.5) is 0 Å². The van der Waals surface area contributed by atoms with Crippen LogP contribution in [0.1, 0.15) is 12.6 Å². The molecule has 2 aromatic heterocycles. The van der Waals surface area contributed by atoms with E-state index in [2.05, 4.69) is 30.0 Å². The normalized spacial score (nSPS) is 9.31. The predicted octanol–water partition coefficient (Wildman–Crippen LogP) is 2.09. The van der Waals surface area contributed by atoms with Gasteiger partial charge in [0.2, 0.25) is 0 Å². The zero-order valence-electron chi connectivity index (χ0n) is 7.77. The summed E-state index contributed by atoms with van der Waals surface area (Å²) in [5.41, 5.74) is 2.02. The van der Waals surface area contributed by atoms with Crippen LogP contribution in [0.2, 0.25) is 0 Å². The first-order valence-electron chi connectivity index (χ1n) is 4.18. The summed E-state index contributed by atoms with van der Waals surface area (Å²) < 4.78 is 1.98. The van der Waals surface area contributed by atoms with E-state index in [1.807, 2.05) is 16.8 Å². The minimum atomic E-state index is 0.932. The predicted molar refractivity (Wildman–Crippen MR) is 53.6 cm³/mol. The highest BCUT2D eigenvalue weighted by Crippen LogP contribution is 2.04. The van der Waals surface area contributed by atoms with Crippen LogP contribution in [-0.4, -0.2) is 14.4 Å². The number of nitrogens with zero attached hydrogens (tertiary/aromatic N) is 3. The van der Waals surface area contributed by atoms with E-state index in [1.54, 1.807) is 12.4 Å². The van der Waals surface area contributed by atoms with Crippen LogP contribution in [0.25, 0.3) is 5.65 Å². The molecule has 0 aliphatic heterocycles. The first kappa shape index (κ1) is 9.45. The Labute approximate surface area is 77.8 Å². The van der Waals surface area contributed by atoms with Crippen LogP contribution in [0.3, 0.4) is 0 Å². The molecule has 2 rings (SSSR count). The second-order valence-electron chi connectivity index (χ2n) is 2.39.